The van der Waals surface area contributed by atoms with E-state index in [1.165, 1.54) is 6.20 Å². The number of nitrogens with zero attached hydrogens (tertiary/aromatic N) is 1. The van der Waals surface area contributed by atoms with Gasteiger partial charge in [0.1, 0.15) is 0 Å². The van der Waals surface area contributed by atoms with Crippen LogP contribution in [-0.2, 0) is 9.47 Å². The Kier molecular flexibility index (Phi) is 5.55. The van der Waals surface area contributed by atoms with Gasteiger partial charge < -0.3 is 0 Å². The van der Waals surface area contributed by atoms with Crippen LogP contribution in [0.25, 0.3) is 0 Å². The summed E-state index contributed by atoms with van der Waals surface area (Å²) in [5.41, 5.74) is -0.222. The zero-order valence-electron chi connectivity index (χ0n) is 11.5. The Labute approximate surface area is 119 Å². The molecule has 0 spiro atoms. The fourth-order valence-corrected chi connectivity index (χ4v) is 3.08. The van der Waals surface area contributed by atoms with Crippen LogP contribution in [0.15, 0.2) is 18.3 Å². The van der Waals surface area contributed by atoms with E-state index in [0.29, 0.717) is 6.61 Å². The van der Waals surface area contributed by atoms with Crippen molar-refractivity contribution in [3.8, 4) is 0 Å². The van der Waals surface area contributed by atoms with Crippen LogP contribution < -0.4 is 4.35 Å². The van der Waals surface area contributed by atoms with Gasteiger partial charge in [0.25, 0.3) is 0 Å². The molecule has 0 saturated heterocycles. The van der Waals surface area contributed by atoms with E-state index in [4.69, 9.17) is 9.47 Å². The summed E-state index contributed by atoms with van der Waals surface area (Å²) >= 11 is -1.06. The number of pyridine rings is 1. The number of rotatable bonds is 4. The van der Waals surface area contributed by atoms with E-state index in [0.717, 1.165) is 4.35 Å². The number of carbonyl (C=O) groups is 2. The van der Waals surface area contributed by atoms with Gasteiger partial charge in [-0.2, -0.15) is 0 Å². The first kappa shape index (κ1) is 15.7. The van der Waals surface area contributed by atoms with Gasteiger partial charge in [-0.15, -0.1) is 0 Å². The van der Waals surface area contributed by atoms with Gasteiger partial charge >= 0.3 is 119 Å². The van der Waals surface area contributed by atoms with Gasteiger partial charge in [-0.1, -0.05) is 0 Å². The van der Waals surface area contributed by atoms with Crippen molar-refractivity contribution in [3.63, 3.8) is 0 Å². The molecule has 1 heterocycles. The first-order valence-corrected chi connectivity index (χ1v) is 8.05. The molecule has 1 unspecified atom stereocenters. The van der Waals surface area contributed by atoms with Crippen LogP contribution in [-0.4, -0.2) is 43.7 Å². The third-order valence-electron chi connectivity index (χ3n) is 1.89. The first-order valence-electron chi connectivity index (χ1n) is 5.95. The van der Waals surface area contributed by atoms with Crippen molar-refractivity contribution in [2.75, 3.05) is 6.61 Å². The summed E-state index contributed by atoms with van der Waals surface area (Å²) < 4.78 is 10.7. The van der Waals surface area contributed by atoms with Crippen molar-refractivity contribution < 1.29 is 19.1 Å². The van der Waals surface area contributed by atoms with Crippen LogP contribution >= 0.6 is 0 Å². The van der Waals surface area contributed by atoms with E-state index in [9.17, 15) is 9.59 Å². The van der Waals surface area contributed by atoms with Crippen molar-refractivity contribution in [1.29, 1.82) is 0 Å². The van der Waals surface area contributed by atoms with Crippen LogP contribution in [0.2, 0.25) is 0 Å². The molecule has 0 radical (unpaired) electrons. The van der Waals surface area contributed by atoms with E-state index in [1.54, 1.807) is 19.1 Å². The molecule has 5 nitrogen and oxygen atoms in total. The van der Waals surface area contributed by atoms with Crippen molar-refractivity contribution in [2.45, 2.75) is 33.3 Å². The molecule has 104 valence electrons. The van der Waals surface area contributed by atoms with Gasteiger partial charge in [-0.3, -0.25) is 0 Å². The SMILES string of the molecule is CCOC(=O)c1ccc([AsH]C(=O)OC(C)(C)C)cn1. The minimum atomic E-state index is -1.06. The summed E-state index contributed by atoms with van der Waals surface area (Å²) in [5, 5.41) is 0. The molecule has 0 aliphatic heterocycles. The summed E-state index contributed by atoms with van der Waals surface area (Å²) in [6.07, 6.45) is 1.54. The monoisotopic (exact) mass is 327 g/mol. The summed E-state index contributed by atoms with van der Waals surface area (Å²) in [5.74, 6) is -0.452. The van der Waals surface area contributed by atoms with Gasteiger partial charge in [0.15, 0.2) is 0 Å². The zero-order chi connectivity index (χ0) is 14.5. The van der Waals surface area contributed by atoms with E-state index in [1.807, 2.05) is 20.8 Å². The second-order valence-electron chi connectivity index (χ2n) is 4.78. The summed E-state index contributed by atoms with van der Waals surface area (Å²) in [6.45, 7) is 7.55. The van der Waals surface area contributed by atoms with Gasteiger partial charge in [0.2, 0.25) is 0 Å². The molecule has 0 amide bonds. The second kappa shape index (κ2) is 6.71. The zero-order valence-corrected chi connectivity index (χ0v) is 13.6. The molecule has 19 heavy (non-hydrogen) atoms. The molecule has 0 aromatic carbocycles. The third kappa shape index (κ3) is 5.88. The van der Waals surface area contributed by atoms with Crippen LogP contribution in [0.4, 0.5) is 4.79 Å². The van der Waals surface area contributed by atoms with E-state index in [2.05, 4.69) is 4.98 Å². The number of hydrogen-bond donors (Lipinski definition) is 0. The van der Waals surface area contributed by atoms with Gasteiger partial charge in [-0.25, -0.2) is 0 Å². The number of ether oxygens (including phenoxy) is 2. The molecule has 1 atom stereocenters. The molecule has 0 N–H and O–H groups in total. The van der Waals surface area contributed by atoms with E-state index >= 15 is 0 Å². The maximum atomic E-state index is 11.7. The average Bonchev–Trinajstić information content (AvgIpc) is 2.27. The van der Waals surface area contributed by atoms with Crippen molar-refractivity contribution in [3.05, 3.63) is 24.0 Å². The van der Waals surface area contributed by atoms with Gasteiger partial charge in [0.05, 0.1) is 0 Å². The van der Waals surface area contributed by atoms with E-state index < -0.39 is 27.3 Å². The number of carbonyl (C=O) groups excluding carboxylic acids is 2. The Hall–Kier alpha value is -1.35. The molecular weight excluding hydrogens is 309 g/mol. The first-order chi connectivity index (χ1) is 8.81. The molecule has 0 fully saturated rings. The molecule has 0 bridgehead atoms. The number of esters is 1. The fourth-order valence-electron chi connectivity index (χ4n) is 1.22. The molecule has 0 aliphatic rings. The Morgan fingerprint density at radius 3 is 2.47 bits per heavy atom. The molecule has 6 heteroatoms. The number of hydrogen-bond acceptors (Lipinski definition) is 5. The Morgan fingerprint density at radius 1 is 1.32 bits per heavy atom. The Balaban J connectivity index is 2.62. The molecule has 0 aliphatic carbocycles. The molecular formula is C13H18AsNO4. The topological polar surface area (TPSA) is 65.5 Å². The number of aromatic nitrogens is 1. The van der Waals surface area contributed by atoms with Crippen LogP contribution in [0.5, 0.6) is 0 Å². The van der Waals surface area contributed by atoms with Crippen molar-refractivity contribution in [2.24, 2.45) is 0 Å². The molecule has 0 saturated carbocycles. The second-order valence-corrected chi connectivity index (χ2v) is 7.37. The van der Waals surface area contributed by atoms with Gasteiger partial charge in [-0.05, 0) is 0 Å². The van der Waals surface area contributed by atoms with Gasteiger partial charge in [0, 0.05) is 0 Å². The summed E-state index contributed by atoms with van der Waals surface area (Å²) in [6, 6.07) is 3.30. The van der Waals surface area contributed by atoms with Crippen LogP contribution in [0.1, 0.15) is 38.2 Å². The third-order valence-corrected chi connectivity index (χ3v) is 3.76. The maximum absolute atomic E-state index is 11.7. The fraction of sp³-hybridized carbons (Fsp3) is 0.462. The molecule has 1 aromatic rings. The summed E-state index contributed by atoms with van der Waals surface area (Å²) in [4.78, 5) is 27.1. The van der Waals surface area contributed by atoms with Crippen LogP contribution in [0, 0.1) is 0 Å². The predicted molar refractivity (Wildman–Crippen MR) is 73.2 cm³/mol. The quantitative estimate of drug-likeness (QED) is 0.615. The van der Waals surface area contributed by atoms with Crippen molar-refractivity contribution in [1.82, 2.24) is 4.98 Å². The average molecular weight is 327 g/mol. The Bertz CT molecular complexity index is 451. The Morgan fingerprint density at radius 2 is 2.00 bits per heavy atom. The van der Waals surface area contributed by atoms with Crippen LogP contribution in [0.3, 0.4) is 0 Å². The normalized spacial score (nSPS) is 11.6. The predicted octanol–water partition coefficient (Wildman–Crippen LogP) is 1.26. The molecule has 1 rings (SSSR count). The molecule has 1 aromatic heterocycles. The van der Waals surface area contributed by atoms with E-state index in [-0.39, 0.29) is 10.5 Å². The standard InChI is InChI=1S/C13H18AsNO4/c1-5-18-11(16)10-7-6-9(8-15-10)14-12(17)19-13(2,3)4/h6-8,14H,5H2,1-4H3. The summed E-state index contributed by atoms with van der Waals surface area (Å²) in [7, 11) is 0. The van der Waals surface area contributed by atoms with Crippen molar-refractivity contribution >= 4 is 30.8 Å². The minimum absolute atomic E-state index is 0.196.